The number of aromatic nitrogens is 1. The largest absolute Gasteiger partial charge is 0.482 e. The maximum Gasteiger partial charge on any atom is 0.345 e. The molecule has 0 bridgehead atoms. The molecule has 6 rings (SSSR count). The van der Waals surface area contributed by atoms with Crippen LogP contribution in [0.4, 0.5) is 0 Å². The molecule has 1 N–H and O–H groups in total. The third-order valence-corrected chi connectivity index (χ3v) is 11.0. The lowest BCUT2D eigenvalue weighted by molar-refractivity contribution is -0.266. The summed E-state index contributed by atoms with van der Waals surface area (Å²) in [6.07, 6.45) is 1.30. The number of benzene rings is 1. The van der Waals surface area contributed by atoms with Crippen molar-refractivity contribution in [3.05, 3.63) is 82.0 Å². The van der Waals surface area contributed by atoms with Crippen molar-refractivity contribution in [2.45, 2.75) is 84.7 Å². The Bertz CT molecular complexity index is 1790. The van der Waals surface area contributed by atoms with Gasteiger partial charge in [0.2, 0.25) is 0 Å². The fraction of sp³-hybridized carbons (Fsp3) is 0.486. The second kappa shape index (κ2) is 12.2. The van der Waals surface area contributed by atoms with E-state index in [0.29, 0.717) is 24.0 Å². The van der Waals surface area contributed by atoms with Crippen molar-refractivity contribution in [1.82, 2.24) is 4.98 Å². The summed E-state index contributed by atoms with van der Waals surface area (Å²) >= 11 is 0. The summed E-state index contributed by atoms with van der Waals surface area (Å²) in [5.74, 6) is -2.43. The molecule has 3 unspecified atom stereocenters. The van der Waals surface area contributed by atoms with Crippen LogP contribution >= 0.6 is 0 Å². The zero-order valence-electron chi connectivity index (χ0n) is 28.0. The predicted octanol–water partition coefficient (Wildman–Crippen LogP) is 5.36. The molecular weight excluding hydrogens is 618 g/mol. The van der Waals surface area contributed by atoms with E-state index in [2.05, 4.69) is 4.98 Å². The topological polar surface area (TPSA) is 151 Å². The van der Waals surface area contributed by atoms with Crippen molar-refractivity contribution >= 4 is 17.9 Å². The average Bonchev–Trinajstić information content (AvgIpc) is 3.02. The molecule has 1 aliphatic heterocycles. The van der Waals surface area contributed by atoms with Crippen LogP contribution in [0.2, 0.25) is 0 Å². The first-order chi connectivity index (χ1) is 22.7. The van der Waals surface area contributed by atoms with E-state index in [-0.39, 0.29) is 30.1 Å². The number of rotatable bonds is 6. The third-order valence-electron chi connectivity index (χ3n) is 11.0. The standard InChI is InChI=1S/C37H41NO10/c1-20-9-11-23(12-10-20)33(42)47-29-17-27-35(4,14-13-28(45-22(3)40)36(27,5)19-44-21(2)39)32-31(41)30-26(48-37(29,32)6)16-25(46-34(30)43)24-8-7-15-38-18-24/h7-12,15-16,18,27-29,31-32,41H,13-14,17,19H2,1-6H3/t27?,28-,29-,31-,32?,35-,36?,37+/m0/s1. The fourth-order valence-corrected chi connectivity index (χ4v) is 8.72. The number of fused-ring (bicyclic) bond motifs is 4. The lowest BCUT2D eigenvalue weighted by Gasteiger charge is -2.66. The minimum atomic E-state index is -1.38. The third kappa shape index (κ3) is 5.57. The lowest BCUT2D eigenvalue weighted by Crippen LogP contribution is -2.71. The molecule has 11 heteroatoms. The van der Waals surface area contributed by atoms with E-state index in [9.17, 15) is 24.3 Å². The molecule has 2 aromatic heterocycles. The Morgan fingerprint density at radius 3 is 2.40 bits per heavy atom. The number of carbonyl (C=O) groups excluding carboxylic acids is 3. The Morgan fingerprint density at radius 1 is 1.02 bits per heavy atom. The molecular formula is C37H41NO10. The Hall–Kier alpha value is -4.51. The molecule has 0 amide bonds. The molecule has 0 saturated heterocycles. The number of aliphatic hydroxyl groups excluding tert-OH is 1. The molecule has 0 spiro atoms. The van der Waals surface area contributed by atoms with Gasteiger partial charge in [-0.3, -0.25) is 14.6 Å². The average molecular weight is 660 g/mol. The normalized spacial score (nSPS) is 32.0. The Kier molecular flexibility index (Phi) is 8.47. The molecule has 2 saturated carbocycles. The quantitative estimate of drug-likeness (QED) is 0.269. The zero-order chi connectivity index (χ0) is 34.6. The van der Waals surface area contributed by atoms with Gasteiger partial charge in [0.15, 0.2) is 0 Å². The molecule has 48 heavy (non-hydrogen) atoms. The summed E-state index contributed by atoms with van der Waals surface area (Å²) in [6.45, 7) is 10.2. The summed E-state index contributed by atoms with van der Waals surface area (Å²) in [6, 6.07) is 12.0. The van der Waals surface area contributed by atoms with E-state index < -0.39 is 70.1 Å². The first-order valence-corrected chi connectivity index (χ1v) is 16.2. The van der Waals surface area contributed by atoms with Crippen molar-refractivity contribution in [3.8, 4) is 17.1 Å². The summed E-state index contributed by atoms with van der Waals surface area (Å²) < 4.78 is 30.3. The Morgan fingerprint density at radius 2 is 1.75 bits per heavy atom. The molecule has 3 aromatic rings. The maximum atomic E-state index is 13.7. The van der Waals surface area contributed by atoms with Gasteiger partial charge in [0.05, 0.1) is 11.7 Å². The number of esters is 3. The van der Waals surface area contributed by atoms with Gasteiger partial charge in [0.25, 0.3) is 0 Å². The van der Waals surface area contributed by atoms with Crippen LogP contribution in [0.25, 0.3) is 11.3 Å². The zero-order valence-corrected chi connectivity index (χ0v) is 28.0. The highest BCUT2D eigenvalue weighted by atomic mass is 16.6. The molecule has 8 atom stereocenters. The lowest BCUT2D eigenvalue weighted by atomic mass is 9.42. The van der Waals surface area contributed by atoms with Gasteiger partial charge in [-0.05, 0) is 68.7 Å². The highest BCUT2D eigenvalue weighted by Gasteiger charge is 2.71. The highest BCUT2D eigenvalue weighted by Crippen LogP contribution is 2.67. The second-order valence-corrected chi connectivity index (χ2v) is 14.1. The molecule has 3 aliphatic rings. The molecule has 2 fully saturated rings. The SMILES string of the molecule is CC(=O)OCC1(C)C2C[C@H](OC(=O)c3ccc(C)cc3)[C@@]3(C)Oc4cc(-c5cccnc5)oc(=O)c4[C@H](O)C3[C@@]2(C)CC[C@@H]1OC(C)=O. The Balaban J connectivity index is 1.50. The van der Waals surface area contributed by atoms with E-state index in [1.165, 1.54) is 13.8 Å². The predicted molar refractivity (Wildman–Crippen MR) is 172 cm³/mol. The van der Waals surface area contributed by atoms with E-state index in [0.717, 1.165) is 5.56 Å². The van der Waals surface area contributed by atoms with Gasteiger partial charge in [0.1, 0.15) is 41.5 Å². The van der Waals surface area contributed by atoms with Gasteiger partial charge < -0.3 is 28.5 Å². The number of hydrogen-bond acceptors (Lipinski definition) is 11. The minimum Gasteiger partial charge on any atom is -0.482 e. The molecule has 11 nitrogen and oxygen atoms in total. The van der Waals surface area contributed by atoms with E-state index in [1.807, 2.05) is 32.9 Å². The Labute approximate surface area is 278 Å². The van der Waals surface area contributed by atoms with Gasteiger partial charge in [-0.25, -0.2) is 9.59 Å². The summed E-state index contributed by atoms with van der Waals surface area (Å²) in [7, 11) is 0. The molecule has 0 radical (unpaired) electrons. The number of aliphatic hydroxyl groups is 1. The van der Waals surface area contributed by atoms with Crippen molar-refractivity contribution in [3.63, 3.8) is 0 Å². The first-order valence-electron chi connectivity index (χ1n) is 16.2. The van der Waals surface area contributed by atoms with Crippen LogP contribution in [0.15, 0.2) is 64.1 Å². The number of aryl methyl sites for hydroxylation is 1. The van der Waals surface area contributed by atoms with Crippen LogP contribution in [0.3, 0.4) is 0 Å². The van der Waals surface area contributed by atoms with Crippen LogP contribution in [0.5, 0.6) is 5.75 Å². The first kappa shape index (κ1) is 33.4. The van der Waals surface area contributed by atoms with Gasteiger partial charge in [0, 0.05) is 49.2 Å². The van der Waals surface area contributed by atoms with Crippen molar-refractivity contribution < 1.29 is 42.9 Å². The van der Waals surface area contributed by atoms with Gasteiger partial charge in [-0.2, -0.15) is 0 Å². The maximum absolute atomic E-state index is 13.7. The number of carbonyl (C=O) groups is 3. The van der Waals surface area contributed by atoms with Gasteiger partial charge in [-0.1, -0.05) is 31.5 Å². The van der Waals surface area contributed by atoms with Gasteiger partial charge in [-0.15, -0.1) is 0 Å². The number of hydrogen-bond donors (Lipinski definition) is 1. The molecule has 1 aromatic carbocycles. The van der Waals surface area contributed by atoms with Crippen LogP contribution in [0.1, 0.15) is 81.5 Å². The summed E-state index contributed by atoms with van der Waals surface area (Å²) in [4.78, 5) is 55.9. The molecule has 254 valence electrons. The van der Waals surface area contributed by atoms with Gasteiger partial charge >= 0.3 is 23.5 Å². The fourth-order valence-electron chi connectivity index (χ4n) is 8.72. The van der Waals surface area contributed by atoms with Crippen molar-refractivity contribution in [1.29, 1.82) is 0 Å². The van der Waals surface area contributed by atoms with E-state index in [1.54, 1.807) is 49.6 Å². The number of pyridine rings is 1. The second-order valence-electron chi connectivity index (χ2n) is 14.1. The smallest absolute Gasteiger partial charge is 0.345 e. The van der Waals surface area contributed by atoms with Crippen LogP contribution in [0, 0.1) is 29.6 Å². The monoisotopic (exact) mass is 659 g/mol. The van der Waals surface area contributed by atoms with Crippen molar-refractivity contribution in [2.24, 2.45) is 22.7 Å². The van der Waals surface area contributed by atoms with E-state index in [4.69, 9.17) is 23.4 Å². The number of nitrogens with zero attached hydrogens (tertiary/aromatic N) is 1. The number of ether oxygens (including phenoxy) is 4. The summed E-state index contributed by atoms with van der Waals surface area (Å²) in [5.41, 5.74) is -1.97. The van der Waals surface area contributed by atoms with Crippen molar-refractivity contribution in [2.75, 3.05) is 6.61 Å². The molecule has 2 aliphatic carbocycles. The van der Waals surface area contributed by atoms with Crippen LogP contribution in [-0.2, 0) is 23.8 Å². The highest BCUT2D eigenvalue weighted by molar-refractivity contribution is 5.89. The minimum absolute atomic E-state index is 0.0283. The van der Waals surface area contributed by atoms with E-state index >= 15 is 0 Å². The molecule has 3 heterocycles. The summed E-state index contributed by atoms with van der Waals surface area (Å²) in [5, 5.41) is 12.3. The van der Waals surface area contributed by atoms with Crippen LogP contribution in [-0.4, -0.2) is 52.4 Å². The van der Waals surface area contributed by atoms with Crippen LogP contribution < -0.4 is 10.4 Å².